The molecule has 0 aromatic heterocycles. The van der Waals surface area contributed by atoms with Crippen molar-refractivity contribution in [2.75, 3.05) is 18.6 Å². The van der Waals surface area contributed by atoms with Gasteiger partial charge in [-0.05, 0) is 55.0 Å². The van der Waals surface area contributed by atoms with E-state index < -0.39 is 0 Å². The molecule has 3 aromatic rings. The molecule has 0 saturated carbocycles. The Morgan fingerprint density at radius 3 is 2.17 bits per heavy atom. The van der Waals surface area contributed by atoms with Crippen LogP contribution >= 0.6 is 0 Å². The maximum atomic E-state index is 12.7. The maximum Gasteiger partial charge on any atom is 0.211 e. The lowest BCUT2D eigenvalue weighted by Gasteiger charge is -2.13. The highest BCUT2D eigenvalue weighted by molar-refractivity contribution is 6.21. The first-order valence-electron chi connectivity index (χ1n) is 9.55. The monoisotopic (exact) mass is 383 g/mol. The summed E-state index contributed by atoms with van der Waals surface area (Å²) in [4.78, 5) is 27.3. The number of carbonyl (C=O) groups is 2. The Bertz CT molecular complexity index is 1100. The molecule has 4 rings (SSSR count). The van der Waals surface area contributed by atoms with Crippen LogP contribution in [-0.2, 0) is 0 Å². The first kappa shape index (κ1) is 18.7. The summed E-state index contributed by atoms with van der Waals surface area (Å²) < 4.78 is 5.42. The minimum Gasteiger partial charge on any atom is -0.494 e. The quantitative estimate of drug-likeness (QED) is 0.460. The van der Waals surface area contributed by atoms with E-state index in [0.717, 1.165) is 17.0 Å². The number of carbonyl (C=O) groups excluding carboxylic acids is 2. The molecule has 144 valence electrons. The minimum absolute atomic E-state index is 0.0117. The molecule has 1 aliphatic rings. The summed E-state index contributed by atoms with van der Waals surface area (Å²) in [6.07, 6.45) is 1.85. The van der Waals surface area contributed by atoms with Crippen molar-refractivity contribution in [3.63, 3.8) is 0 Å². The van der Waals surface area contributed by atoms with Crippen LogP contribution in [0.4, 0.5) is 5.69 Å². The topological polar surface area (TPSA) is 46.6 Å². The van der Waals surface area contributed by atoms with Crippen LogP contribution < -0.4 is 9.64 Å². The van der Waals surface area contributed by atoms with Gasteiger partial charge in [0.1, 0.15) is 5.75 Å². The van der Waals surface area contributed by atoms with Crippen molar-refractivity contribution in [3.8, 4) is 5.75 Å². The van der Waals surface area contributed by atoms with Crippen LogP contribution in [0.3, 0.4) is 0 Å². The van der Waals surface area contributed by atoms with Gasteiger partial charge in [0, 0.05) is 23.7 Å². The van der Waals surface area contributed by atoms with Crippen LogP contribution in [0.1, 0.15) is 38.8 Å². The van der Waals surface area contributed by atoms with Crippen molar-refractivity contribution in [1.29, 1.82) is 0 Å². The second-order valence-corrected chi connectivity index (χ2v) is 6.84. The molecule has 0 radical (unpaired) electrons. The molecule has 0 saturated heterocycles. The van der Waals surface area contributed by atoms with Crippen molar-refractivity contribution in [1.82, 2.24) is 0 Å². The number of allylic oxidation sites excluding steroid dienone is 1. The number of para-hydroxylation sites is 1. The van der Waals surface area contributed by atoms with E-state index in [2.05, 4.69) is 0 Å². The van der Waals surface area contributed by atoms with E-state index in [0.29, 0.717) is 29.0 Å². The molecule has 0 aliphatic carbocycles. The SMILES string of the molecule is CCOc1ccc(C(=O)c2ccc(/C=C3\C(=O)c4ccccc4N3C)cc2)cc1. The van der Waals surface area contributed by atoms with Gasteiger partial charge >= 0.3 is 0 Å². The summed E-state index contributed by atoms with van der Waals surface area (Å²) in [6.45, 7) is 2.51. The fraction of sp³-hybridized carbons (Fsp3) is 0.120. The highest BCUT2D eigenvalue weighted by atomic mass is 16.5. The number of Topliss-reactive ketones (excluding diaryl/α,β-unsaturated/α-hetero) is 1. The molecule has 0 unspecified atom stereocenters. The van der Waals surface area contributed by atoms with Crippen LogP contribution in [-0.4, -0.2) is 25.2 Å². The van der Waals surface area contributed by atoms with Gasteiger partial charge in [-0.2, -0.15) is 0 Å². The van der Waals surface area contributed by atoms with E-state index in [1.807, 2.05) is 61.3 Å². The number of hydrogen-bond acceptors (Lipinski definition) is 4. The molecular formula is C25H21NO3. The Balaban J connectivity index is 1.55. The molecule has 29 heavy (non-hydrogen) atoms. The average molecular weight is 383 g/mol. The Kier molecular flexibility index (Phi) is 5.00. The Morgan fingerprint density at radius 2 is 1.55 bits per heavy atom. The van der Waals surface area contributed by atoms with E-state index in [1.165, 1.54) is 0 Å². The predicted octanol–water partition coefficient (Wildman–Crippen LogP) is 4.99. The van der Waals surface area contributed by atoms with E-state index in [1.54, 1.807) is 36.4 Å². The van der Waals surface area contributed by atoms with E-state index in [-0.39, 0.29) is 11.6 Å². The van der Waals surface area contributed by atoms with Gasteiger partial charge in [-0.1, -0.05) is 36.4 Å². The Labute approximate surface area is 170 Å². The van der Waals surface area contributed by atoms with E-state index in [4.69, 9.17) is 4.74 Å². The van der Waals surface area contributed by atoms with Gasteiger partial charge in [0.15, 0.2) is 5.78 Å². The molecule has 3 aromatic carbocycles. The van der Waals surface area contributed by atoms with Gasteiger partial charge in [0.2, 0.25) is 5.78 Å². The van der Waals surface area contributed by atoms with Crippen molar-refractivity contribution in [3.05, 3.63) is 101 Å². The minimum atomic E-state index is -0.0475. The van der Waals surface area contributed by atoms with Gasteiger partial charge in [-0.3, -0.25) is 9.59 Å². The smallest absolute Gasteiger partial charge is 0.211 e. The number of rotatable bonds is 5. The van der Waals surface area contributed by atoms with Crippen LogP contribution in [0.25, 0.3) is 6.08 Å². The molecule has 0 atom stereocenters. The van der Waals surface area contributed by atoms with Crippen molar-refractivity contribution in [2.45, 2.75) is 6.92 Å². The van der Waals surface area contributed by atoms with Crippen LogP contribution in [0, 0.1) is 0 Å². The number of nitrogens with zero attached hydrogens (tertiary/aromatic N) is 1. The fourth-order valence-electron chi connectivity index (χ4n) is 3.47. The molecule has 4 nitrogen and oxygen atoms in total. The number of hydrogen-bond donors (Lipinski definition) is 0. The average Bonchev–Trinajstić information content (AvgIpc) is 3.00. The third-order valence-electron chi connectivity index (χ3n) is 5.01. The van der Waals surface area contributed by atoms with Gasteiger partial charge in [-0.15, -0.1) is 0 Å². The maximum absolute atomic E-state index is 12.7. The van der Waals surface area contributed by atoms with Crippen LogP contribution in [0.5, 0.6) is 5.75 Å². The van der Waals surface area contributed by atoms with Gasteiger partial charge < -0.3 is 9.64 Å². The molecule has 4 heteroatoms. The molecule has 0 N–H and O–H groups in total. The van der Waals surface area contributed by atoms with Crippen molar-refractivity contribution < 1.29 is 14.3 Å². The summed E-state index contributed by atoms with van der Waals surface area (Å²) in [7, 11) is 1.89. The zero-order valence-electron chi connectivity index (χ0n) is 16.4. The van der Waals surface area contributed by atoms with Crippen LogP contribution in [0.2, 0.25) is 0 Å². The lowest BCUT2D eigenvalue weighted by Crippen LogP contribution is -2.13. The summed E-state index contributed by atoms with van der Waals surface area (Å²) in [5, 5.41) is 0. The Hall–Kier alpha value is -3.66. The summed E-state index contributed by atoms with van der Waals surface area (Å²) in [5.74, 6) is 0.712. The fourth-order valence-corrected chi connectivity index (χ4v) is 3.47. The van der Waals surface area contributed by atoms with Crippen molar-refractivity contribution >= 4 is 23.3 Å². The molecule has 0 spiro atoms. The molecule has 0 amide bonds. The van der Waals surface area contributed by atoms with Gasteiger partial charge in [0.25, 0.3) is 0 Å². The molecule has 1 heterocycles. The lowest BCUT2D eigenvalue weighted by molar-refractivity contribution is 0.103. The van der Waals surface area contributed by atoms with E-state index in [9.17, 15) is 9.59 Å². The zero-order chi connectivity index (χ0) is 20.4. The number of ketones is 2. The third kappa shape index (κ3) is 3.57. The first-order valence-corrected chi connectivity index (χ1v) is 9.55. The highest BCUT2D eigenvalue weighted by Gasteiger charge is 2.28. The third-order valence-corrected chi connectivity index (χ3v) is 5.01. The summed E-state index contributed by atoms with van der Waals surface area (Å²) in [5.41, 5.74) is 4.33. The van der Waals surface area contributed by atoms with Gasteiger partial charge in [-0.25, -0.2) is 0 Å². The summed E-state index contributed by atoms with van der Waals surface area (Å²) >= 11 is 0. The lowest BCUT2D eigenvalue weighted by atomic mass is 10.0. The summed E-state index contributed by atoms with van der Waals surface area (Å²) in [6, 6.07) is 22.0. The predicted molar refractivity (Wildman–Crippen MR) is 115 cm³/mol. The standard InChI is InChI=1S/C25H21NO3/c1-3-29-20-14-12-19(13-15-20)24(27)18-10-8-17(9-11-18)16-23-25(28)21-6-4-5-7-22(21)26(23)2/h4-16H,3H2,1-2H3/b23-16+. The Morgan fingerprint density at radius 1 is 0.931 bits per heavy atom. The zero-order valence-corrected chi connectivity index (χ0v) is 16.4. The number of anilines is 1. The number of fused-ring (bicyclic) bond motifs is 1. The number of likely N-dealkylation sites (N-methyl/N-ethyl adjacent to an activating group) is 1. The van der Waals surface area contributed by atoms with Crippen molar-refractivity contribution in [2.24, 2.45) is 0 Å². The normalized spacial score (nSPS) is 14.2. The van der Waals surface area contributed by atoms with Crippen LogP contribution in [0.15, 0.2) is 78.5 Å². The first-order chi connectivity index (χ1) is 14.1. The number of benzene rings is 3. The van der Waals surface area contributed by atoms with Gasteiger partial charge in [0.05, 0.1) is 18.0 Å². The second-order valence-electron chi connectivity index (χ2n) is 6.84. The second kappa shape index (κ2) is 7.76. The molecular weight excluding hydrogens is 362 g/mol. The molecule has 1 aliphatic heterocycles. The molecule has 0 fully saturated rings. The largest absolute Gasteiger partial charge is 0.494 e. The molecule has 0 bridgehead atoms. The number of ether oxygens (including phenoxy) is 1. The van der Waals surface area contributed by atoms with E-state index >= 15 is 0 Å². The highest BCUT2D eigenvalue weighted by Crippen LogP contribution is 2.33.